The highest BCUT2D eigenvalue weighted by atomic mass is 16.4. The van der Waals surface area contributed by atoms with E-state index in [2.05, 4.69) is 0 Å². The van der Waals surface area contributed by atoms with E-state index in [1.807, 2.05) is 20.8 Å². The molecule has 5 nitrogen and oxygen atoms in total. The van der Waals surface area contributed by atoms with Crippen LogP contribution in [0, 0.1) is 0 Å². The second-order valence-electron chi connectivity index (χ2n) is 4.90. The molecule has 1 fully saturated rings. The van der Waals surface area contributed by atoms with Crippen molar-refractivity contribution < 1.29 is 14.7 Å². The number of carboxylic acid groups (broad SMARTS) is 1. The Kier molecular flexibility index (Phi) is 2.93. The third-order valence-corrected chi connectivity index (χ3v) is 2.60. The first-order valence-electron chi connectivity index (χ1n) is 5.01. The zero-order valence-corrected chi connectivity index (χ0v) is 9.65. The van der Waals surface area contributed by atoms with Gasteiger partial charge in [-0.3, -0.25) is 9.69 Å². The van der Waals surface area contributed by atoms with Gasteiger partial charge in [-0.2, -0.15) is 0 Å². The molecule has 1 heterocycles. The molecule has 0 saturated carbocycles. The van der Waals surface area contributed by atoms with Gasteiger partial charge in [0.2, 0.25) is 5.91 Å². The zero-order valence-electron chi connectivity index (χ0n) is 9.65. The molecule has 0 aromatic rings. The van der Waals surface area contributed by atoms with Crippen LogP contribution in [0.15, 0.2) is 0 Å². The Morgan fingerprint density at radius 3 is 2.07 bits per heavy atom. The fourth-order valence-corrected chi connectivity index (χ4v) is 1.87. The first-order valence-corrected chi connectivity index (χ1v) is 5.01. The molecule has 1 aliphatic rings. The van der Waals surface area contributed by atoms with Crippen molar-refractivity contribution in [3.05, 3.63) is 0 Å². The summed E-state index contributed by atoms with van der Waals surface area (Å²) in [7, 11) is 0. The molecule has 1 N–H and O–H groups in total. The number of nitrogens with zero attached hydrogens (tertiary/aromatic N) is 2. The molecule has 1 aliphatic heterocycles. The zero-order chi connectivity index (χ0) is 11.8. The molecule has 5 heteroatoms. The van der Waals surface area contributed by atoms with Crippen molar-refractivity contribution in [2.24, 2.45) is 0 Å². The Bertz CT molecular complexity index is 277. The van der Waals surface area contributed by atoms with Gasteiger partial charge >= 0.3 is 6.09 Å². The summed E-state index contributed by atoms with van der Waals surface area (Å²) >= 11 is 0. The molecule has 0 bridgehead atoms. The van der Waals surface area contributed by atoms with E-state index in [9.17, 15) is 9.59 Å². The van der Waals surface area contributed by atoms with Crippen molar-refractivity contribution >= 4 is 12.0 Å². The van der Waals surface area contributed by atoms with Gasteiger partial charge in [-0.25, -0.2) is 4.79 Å². The van der Waals surface area contributed by atoms with Crippen LogP contribution in [0.1, 0.15) is 27.7 Å². The third-order valence-electron chi connectivity index (χ3n) is 2.60. The summed E-state index contributed by atoms with van der Waals surface area (Å²) in [5.41, 5.74) is -0.417. The maximum atomic E-state index is 11.1. The Labute approximate surface area is 89.7 Å². The molecule has 1 saturated heterocycles. The largest absolute Gasteiger partial charge is 0.465 e. The Morgan fingerprint density at radius 2 is 1.80 bits per heavy atom. The fourth-order valence-electron chi connectivity index (χ4n) is 1.87. The van der Waals surface area contributed by atoms with Gasteiger partial charge in [-0.15, -0.1) is 0 Å². The van der Waals surface area contributed by atoms with Crippen molar-refractivity contribution in [3.63, 3.8) is 0 Å². The lowest BCUT2D eigenvalue weighted by atomic mass is 9.99. The second-order valence-corrected chi connectivity index (χ2v) is 4.90. The standard InChI is InChI=1S/C10H18N2O3/c1-7(13)11-5-8(6-11)12(9(14)15)10(2,3)4/h8H,5-6H2,1-4H3,(H,14,15). The van der Waals surface area contributed by atoms with Crippen molar-refractivity contribution in [1.29, 1.82) is 0 Å². The van der Waals surface area contributed by atoms with Crippen LogP contribution in [-0.4, -0.2) is 51.6 Å². The molecule has 15 heavy (non-hydrogen) atoms. The summed E-state index contributed by atoms with van der Waals surface area (Å²) in [6.07, 6.45) is -0.921. The summed E-state index contributed by atoms with van der Waals surface area (Å²) in [4.78, 5) is 25.1. The molecule has 0 atom stereocenters. The number of carbonyl (C=O) groups is 2. The first-order chi connectivity index (χ1) is 6.73. The molecule has 1 rings (SSSR count). The van der Waals surface area contributed by atoms with Crippen LogP contribution in [0.25, 0.3) is 0 Å². The van der Waals surface area contributed by atoms with Crippen LogP contribution >= 0.6 is 0 Å². The van der Waals surface area contributed by atoms with E-state index in [0.717, 1.165) is 0 Å². The van der Waals surface area contributed by atoms with E-state index >= 15 is 0 Å². The minimum absolute atomic E-state index is 0.00509. The second kappa shape index (κ2) is 3.72. The Balaban J connectivity index is 2.63. The fraction of sp³-hybridized carbons (Fsp3) is 0.800. The first kappa shape index (κ1) is 11.8. The van der Waals surface area contributed by atoms with Crippen molar-refractivity contribution in [2.45, 2.75) is 39.3 Å². The van der Waals surface area contributed by atoms with Crippen molar-refractivity contribution in [3.8, 4) is 0 Å². The number of carbonyl (C=O) groups excluding carboxylic acids is 1. The summed E-state index contributed by atoms with van der Waals surface area (Å²) in [6, 6.07) is -0.0635. The highest BCUT2D eigenvalue weighted by Gasteiger charge is 2.40. The quantitative estimate of drug-likeness (QED) is 0.708. The van der Waals surface area contributed by atoms with E-state index < -0.39 is 11.6 Å². The number of hydrogen-bond acceptors (Lipinski definition) is 2. The predicted molar refractivity (Wildman–Crippen MR) is 55.7 cm³/mol. The number of rotatable bonds is 1. The van der Waals surface area contributed by atoms with Crippen LogP contribution in [-0.2, 0) is 4.79 Å². The monoisotopic (exact) mass is 214 g/mol. The van der Waals surface area contributed by atoms with Gasteiger partial charge in [0.1, 0.15) is 0 Å². The summed E-state index contributed by atoms with van der Waals surface area (Å²) in [6.45, 7) is 8.10. The van der Waals surface area contributed by atoms with Crippen LogP contribution < -0.4 is 0 Å². The molecule has 0 unspecified atom stereocenters. The molecule has 2 amide bonds. The normalized spacial score (nSPS) is 17.2. The maximum Gasteiger partial charge on any atom is 0.408 e. The van der Waals surface area contributed by atoms with Crippen LogP contribution in [0.5, 0.6) is 0 Å². The lowest BCUT2D eigenvalue weighted by Gasteiger charge is -2.48. The molecular formula is C10H18N2O3. The summed E-state index contributed by atoms with van der Waals surface area (Å²) in [5, 5.41) is 9.09. The Hall–Kier alpha value is -1.26. The molecule has 0 radical (unpaired) electrons. The van der Waals surface area contributed by atoms with E-state index in [1.165, 1.54) is 11.8 Å². The minimum Gasteiger partial charge on any atom is -0.465 e. The highest BCUT2D eigenvalue weighted by Crippen LogP contribution is 2.23. The van der Waals surface area contributed by atoms with Gasteiger partial charge < -0.3 is 10.0 Å². The van der Waals surface area contributed by atoms with Crippen molar-refractivity contribution in [2.75, 3.05) is 13.1 Å². The smallest absolute Gasteiger partial charge is 0.408 e. The summed E-state index contributed by atoms with van der Waals surface area (Å²) < 4.78 is 0. The molecule has 86 valence electrons. The van der Waals surface area contributed by atoms with Crippen LogP contribution in [0.4, 0.5) is 4.79 Å². The molecule has 0 aliphatic carbocycles. The highest BCUT2D eigenvalue weighted by molar-refractivity contribution is 5.75. The number of hydrogen-bond donors (Lipinski definition) is 1. The molecule has 0 aromatic heterocycles. The Morgan fingerprint density at radius 1 is 1.33 bits per heavy atom. The maximum absolute atomic E-state index is 11.1. The predicted octanol–water partition coefficient (Wildman–Crippen LogP) is 0.996. The number of amides is 2. The van der Waals surface area contributed by atoms with E-state index in [-0.39, 0.29) is 11.9 Å². The van der Waals surface area contributed by atoms with Gasteiger partial charge in [-0.05, 0) is 20.8 Å². The van der Waals surface area contributed by atoms with Gasteiger partial charge in [0.05, 0.1) is 6.04 Å². The van der Waals surface area contributed by atoms with Gasteiger partial charge in [0, 0.05) is 25.6 Å². The van der Waals surface area contributed by atoms with E-state index in [0.29, 0.717) is 13.1 Å². The molecule has 0 aromatic carbocycles. The minimum atomic E-state index is -0.921. The van der Waals surface area contributed by atoms with Gasteiger partial charge in [-0.1, -0.05) is 0 Å². The van der Waals surface area contributed by atoms with Gasteiger partial charge in [0.25, 0.3) is 0 Å². The molecule has 0 spiro atoms. The average Bonchev–Trinajstić information content (AvgIpc) is 1.90. The lowest BCUT2D eigenvalue weighted by Crippen LogP contribution is -2.65. The average molecular weight is 214 g/mol. The van der Waals surface area contributed by atoms with Crippen molar-refractivity contribution in [1.82, 2.24) is 9.80 Å². The summed E-state index contributed by atoms with van der Waals surface area (Å²) in [5.74, 6) is 0.00509. The lowest BCUT2D eigenvalue weighted by molar-refractivity contribution is -0.137. The van der Waals surface area contributed by atoms with Gasteiger partial charge in [0.15, 0.2) is 0 Å². The SMILES string of the molecule is CC(=O)N1CC(N(C(=O)O)C(C)(C)C)C1. The van der Waals surface area contributed by atoms with Crippen LogP contribution in [0.3, 0.4) is 0 Å². The third kappa shape index (κ3) is 2.40. The van der Waals surface area contributed by atoms with E-state index in [4.69, 9.17) is 5.11 Å². The number of likely N-dealkylation sites (tertiary alicyclic amines) is 1. The molecular weight excluding hydrogens is 196 g/mol. The van der Waals surface area contributed by atoms with E-state index in [1.54, 1.807) is 4.90 Å². The van der Waals surface area contributed by atoms with Crippen LogP contribution in [0.2, 0.25) is 0 Å². The topological polar surface area (TPSA) is 60.9 Å².